The van der Waals surface area contributed by atoms with Crippen molar-refractivity contribution in [3.63, 3.8) is 0 Å². The topological polar surface area (TPSA) is 69.7 Å². The fourth-order valence-corrected chi connectivity index (χ4v) is 3.65. The molecule has 1 unspecified atom stereocenters. The second kappa shape index (κ2) is 10.7. The van der Waals surface area contributed by atoms with Gasteiger partial charge in [0.05, 0.1) is 6.61 Å². The molecule has 1 atom stereocenters. The standard InChI is InChI=1S/C27H28N2O4/c1-3-31-25-14-22-13-19(2)33-26(22)15-23(25)17-29-27(30)11-8-20-6-9-24(10-7-20)32-18-21-5-4-12-28-16-21/h4-12,14-16,19H,3,13,17-18H2,1-2H3,(H,29,30)/b11-8+. The first kappa shape index (κ1) is 22.4. The van der Waals surface area contributed by atoms with E-state index in [4.69, 9.17) is 14.2 Å². The molecule has 0 radical (unpaired) electrons. The van der Waals surface area contributed by atoms with Gasteiger partial charge < -0.3 is 19.5 Å². The molecule has 1 aliphatic heterocycles. The molecule has 4 rings (SSSR count). The SMILES string of the molecule is CCOc1cc2c(cc1CNC(=O)/C=C/c1ccc(OCc3cccnc3)cc1)OC(C)C2. The molecule has 0 aliphatic carbocycles. The molecule has 0 fully saturated rings. The number of pyridine rings is 1. The summed E-state index contributed by atoms with van der Waals surface area (Å²) in [6, 6.07) is 15.4. The molecule has 1 amide bonds. The predicted octanol–water partition coefficient (Wildman–Crippen LogP) is 4.71. The van der Waals surface area contributed by atoms with Crippen molar-refractivity contribution in [3.05, 3.63) is 89.3 Å². The minimum Gasteiger partial charge on any atom is -0.494 e. The van der Waals surface area contributed by atoms with Crippen molar-refractivity contribution in [2.45, 2.75) is 39.5 Å². The van der Waals surface area contributed by atoms with Crippen molar-refractivity contribution in [2.24, 2.45) is 0 Å². The first-order chi connectivity index (χ1) is 16.1. The Labute approximate surface area is 194 Å². The van der Waals surface area contributed by atoms with Gasteiger partial charge in [0.25, 0.3) is 0 Å². The summed E-state index contributed by atoms with van der Waals surface area (Å²) in [5, 5.41) is 2.93. The molecule has 6 heteroatoms. The van der Waals surface area contributed by atoms with Gasteiger partial charge in [0, 0.05) is 48.1 Å². The van der Waals surface area contributed by atoms with E-state index >= 15 is 0 Å². The molecule has 170 valence electrons. The molecule has 0 saturated carbocycles. The second-order valence-electron chi connectivity index (χ2n) is 7.90. The maximum absolute atomic E-state index is 12.4. The van der Waals surface area contributed by atoms with Gasteiger partial charge in [-0.1, -0.05) is 18.2 Å². The van der Waals surface area contributed by atoms with Crippen LogP contribution < -0.4 is 19.5 Å². The van der Waals surface area contributed by atoms with E-state index in [1.807, 2.05) is 62.4 Å². The summed E-state index contributed by atoms with van der Waals surface area (Å²) in [6.45, 7) is 5.39. The van der Waals surface area contributed by atoms with Crippen LogP contribution in [0.1, 0.15) is 36.1 Å². The normalized spacial score (nSPS) is 14.5. The van der Waals surface area contributed by atoms with Crippen LogP contribution >= 0.6 is 0 Å². The van der Waals surface area contributed by atoms with Crippen molar-refractivity contribution in [3.8, 4) is 17.2 Å². The molecule has 3 aromatic rings. The van der Waals surface area contributed by atoms with Gasteiger partial charge >= 0.3 is 0 Å². The highest BCUT2D eigenvalue weighted by Gasteiger charge is 2.21. The Morgan fingerprint density at radius 2 is 2.06 bits per heavy atom. The Balaban J connectivity index is 1.31. The molecule has 2 heterocycles. The smallest absolute Gasteiger partial charge is 0.244 e. The van der Waals surface area contributed by atoms with Gasteiger partial charge in [-0.05, 0) is 55.8 Å². The number of aromatic nitrogens is 1. The van der Waals surface area contributed by atoms with E-state index in [1.54, 1.807) is 18.5 Å². The van der Waals surface area contributed by atoms with E-state index in [9.17, 15) is 4.79 Å². The summed E-state index contributed by atoms with van der Waals surface area (Å²) in [6.07, 6.45) is 7.85. The Kier molecular flexibility index (Phi) is 7.25. The quantitative estimate of drug-likeness (QED) is 0.484. The zero-order valence-corrected chi connectivity index (χ0v) is 18.9. The Bertz CT molecular complexity index is 1110. The van der Waals surface area contributed by atoms with Crippen LogP contribution in [0.2, 0.25) is 0 Å². The molecular weight excluding hydrogens is 416 g/mol. The summed E-state index contributed by atoms with van der Waals surface area (Å²) >= 11 is 0. The van der Waals surface area contributed by atoms with Crippen LogP contribution in [0.15, 0.2) is 67.0 Å². The number of nitrogens with zero attached hydrogens (tertiary/aromatic N) is 1. The summed E-state index contributed by atoms with van der Waals surface area (Å²) in [7, 11) is 0. The lowest BCUT2D eigenvalue weighted by Gasteiger charge is -2.13. The van der Waals surface area contributed by atoms with E-state index in [2.05, 4.69) is 10.3 Å². The van der Waals surface area contributed by atoms with Crippen LogP contribution in [0.5, 0.6) is 17.2 Å². The predicted molar refractivity (Wildman–Crippen MR) is 127 cm³/mol. The van der Waals surface area contributed by atoms with Crippen molar-refractivity contribution in [1.82, 2.24) is 10.3 Å². The summed E-state index contributed by atoms with van der Waals surface area (Å²) < 4.78 is 17.4. The van der Waals surface area contributed by atoms with E-state index in [0.29, 0.717) is 19.8 Å². The van der Waals surface area contributed by atoms with E-state index < -0.39 is 0 Å². The van der Waals surface area contributed by atoms with Crippen LogP contribution in [0.25, 0.3) is 6.08 Å². The maximum Gasteiger partial charge on any atom is 0.244 e. The monoisotopic (exact) mass is 444 g/mol. The number of amides is 1. The van der Waals surface area contributed by atoms with Crippen molar-refractivity contribution in [2.75, 3.05) is 6.61 Å². The molecule has 1 aromatic heterocycles. The highest BCUT2D eigenvalue weighted by atomic mass is 16.5. The highest BCUT2D eigenvalue weighted by Crippen LogP contribution is 2.35. The molecular formula is C27H28N2O4. The van der Waals surface area contributed by atoms with Crippen LogP contribution in [-0.2, 0) is 24.4 Å². The van der Waals surface area contributed by atoms with Crippen LogP contribution in [0, 0.1) is 0 Å². The fourth-order valence-electron chi connectivity index (χ4n) is 3.65. The number of hydrogen-bond donors (Lipinski definition) is 1. The summed E-state index contributed by atoms with van der Waals surface area (Å²) in [4.78, 5) is 16.4. The van der Waals surface area contributed by atoms with Crippen LogP contribution in [0.4, 0.5) is 0 Å². The first-order valence-corrected chi connectivity index (χ1v) is 11.1. The fraction of sp³-hybridized carbons (Fsp3) is 0.259. The van der Waals surface area contributed by atoms with Crippen molar-refractivity contribution < 1.29 is 19.0 Å². The Morgan fingerprint density at radius 1 is 1.21 bits per heavy atom. The van der Waals surface area contributed by atoms with E-state index in [0.717, 1.165) is 45.9 Å². The van der Waals surface area contributed by atoms with E-state index in [-0.39, 0.29) is 12.0 Å². The minimum absolute atomic E-state index is 0.161. The van der Waals surface area contributed by atoms with Crippen LogP contribution in [0.3, 0.4) is 0 Å². The lowest BCUT2D eigenvalue weighted by molar-refractivity contribution is -0.116. The van der Waals surface area contributed by atoms with Crippen molar-refractivity contribution in [1.29, 1.82) is 0 Å². The number of carbonyl (C=O) groups excluding carboxylic acids is 1. The lowest BCUT2D eigenvalue weighted by atomic mass is 10.1. The van der Waals surface area contributed by atoms with Gasteiger partial charge in [0.15, 0.2) is 0 Å². The Morgan fingerprint density at radius 3 is 2.82 bits per heavy atom. The maximum atomic E-state index is 12.4. The number of nitrogens with one attached hydrogen (secondary N) is 1. The molecule has 33 heavy (non-hydrogen) atoms. The summed E-state index contributed by atoms with van der Waals surface area (Å²) in [5.41, 5.74) is 3.97. The lowest BCUT2D eigenvalue weighted by Crippen LogP contribution is -2.20. The number of benzene rings is 2. The average molecular weight is 445 g/mol. The largest absolute Gasteiger partial charge is 0.494 e. The molecule has 0 saturated heterocycles. The second-order valence-corrected chi connectivity index (χ2v) is 7.90. The third-order valence-corrected chi connectivity index (χ3v) is 5.27. The van der Waals surface area contributed by atoms with Crippen molar-refractivity contribution >= 4 is 12.0 Å². The highest BCUT2D eigenvalue weighted by molar-refractivity contribution is 5.91. The molecule has 1 N–H and O–H groups in total. The van der Waals surface area contributed by atoms with Gasteiger partial charge in [-0.2, -0.15) is 0 Å². The van der Waals surface area contributed by atoms with Gasteiger partial charge in [-0.25, -0.2) is 0 Å². The van der Waals surface area contributed by atoms with Gasteiger partial charge in [-0.15, -0.1) is 0 Å². The molecule has 0 spiro atoms. The number of ether oxygens (including phenoxy) is 3. The number of hydrogen-bond acceptors (Lipinski definition) is 5. The number of rotatable bonds is 9. The Hall–Kier alpha value is -3.80. The number of carbonyl (C=O) groups is 1. The van der Waals surface area contributed by atoms with E-state index in [1.165, 1.54) is 6.08 Å². The summed E-state index contributed by atoms with van der Waals surface area (Å²) in [5.74, 6) is 2.25. The third-order valence-electron chi connectivity index (χ3n) is 5.27. The molecule has 2 aromatic carbocycles. The first-order valence-electron chi connectivity index (χ1n) is 11.1. The van der Waals surface area contributed by atoms with Crippen LogP contribution in [-0.4, -0.2) is 23.6 Å². The van der Waals surface area contributed by atoms with Gasteiger partial charge in [-0.3, -0.25) is 9.78 Å². The van der Waals surface area contributed by atoms with Gasteiger partial charge in [0.1, 0.15) is 30.0 Å². The number of fused-ring (bicyclic) bond motifs is 1. The minimum atomic E-state index is -0.177. The molecule has 1 aliphatic rings. The zero-order chi connectivity index (χ0) is 23.0. The molecule has 0 bridgehead atoms. The average Bonchev–Trinajstić information content (AvgIpc) is 3.20. The zero-order valence-electron chi connectivity index (χ0n) is 18.9. The van der Waals surface area contributed by atoms with Gasteiger partial charge in [0.2, 0.25) is 5.91 Å². The molecule has 6 nitrogen and oxygen atoms in total. The third kappa shape index (κ3) is 6.13.